The fourth-order valence-electron chi connectivity index (χ4n) is 9.04. The second-order valence-corrected chi connectivity index (χ2v) is 18.5. The van der Waals surface area contributed by atoms with Gasteiger partial charge >= 0.3 is 24.7 Å². The van der Waals surface area contributed by atoms with Crippen molar-refractivity contribution in [2.24, 2.45) is 0 Å². The molecule has 0 aliphatic carbocycles. The first kappa shape index (κ1) is 60.9. The molecule has 0 fully saturated rings. The van der Waals surface area contributed by atoms with E-state index in [9.17, 15) is 52.7 Å². The van der Waals surface area contributed by atoms with Crippen LogP contribution in [0.2, 0.25) is 0 Å². The Kier molecular flexibility index (Phi) is 18.2. The number of aromatic nitrogens is 7. The van der Waals surface area contributed by atoms with E-state index in [0.29, 0.717) is 45.0 Å². The second kappa shape index (κ2) is 25.7. The van der Waals surface area contributed by atoms with Crippen LogP contribution >= 0.6 is 0 Å². The van der Waals surface area contributed by atoms with E-state index in [-0.39, 0.29) is 42.9 Å². The predicted octanol–water partition coefficient (Wildman–Crippen LogP) is 16.6. The maximum absolute atomic E-state index is 13.5. The number of halogens is 12. The third kappa shape index (κ3) is 13.9. The van der Waals surface area contributed by atoms with E-state index in [0.717, 1.165) is 72.1 Å². The van der Waals surface area contributed by atoms with Crippen molar-refractivity contribution in [1.82, 2.24) is 24.3 Å². The van der Waals surface area contributed by atoms with Gasteiger partial charge in [0.2, 0.25) is 0 Å². The molecule has 0 aliphatic rings. The van der Waals surface area contributed by atoms with Crippen molar-refractivity contribution in [2.75, 3.05) is 0 Å². The summed E-state index contributed by atoms with van der Waals surface area (Å²) in [6.07, 6.45) is -8.94. The van der Waals surface area contributed by atoms with E-state index < -0.39 is 47.0 Å². The largest absolute Gasteiger partial charge is 0.574 e. The molecule has 0 unspecified atom stereocenters. The zero-order chi connectivity index (χ0) is 59.9. The van der Waals surface area contributed by atoms with Crippen molar-refractivity contribution in [3.63, 3.8) is 0 Å². The summed E-state index contributed by atoms with van der Waals surface area (Å²) in [6, 6.07) is 64.2. The minimum atomic E-state index is -4.59. The zero-order valence-corrected chi connectivity index (χ0v) is 46.5. The summed E-state index contributed by atoms with van der Waals surface area (Å²) in [5.74, 6) is 0. The van der Waals surface area contributed by atoms with Crippen molar-refractivity contribution < 1.29 is 81.9 Å². The quantitative estimate of drug-likeness (QED) is 0.0822. The summed E-state index contributed by atoms with van der Waals surface area (Å²) in [5, 5.41) is 7.58. The van der Waals surface area contributed by atoms with Gasteiger partial charge in [-0.05, 0) is 70.0 Å². The Morgan fingerprint density at radius 3 is 1.09 bits per heavy atom. The van der Waals surface area contributed by atoms with Gasteiger partial charge in [0, 0.05) is 38.2 Å². The van der Waals surface area contributed by atoms with Gasteiger partial charge in [0.1, 0.15) is 0 Å². The van der Waals surface area contributed by atoms with Crippen molar-refractivity contribution in [1.29, 1.82) is 0 Å². The minimum absolute atomic E-state index is 0. The molecule has 4 aromatic heterocycles. The predicted molar refractivity (Wildman–Crippen MR) is 292 cm³/mol. The summed E-state index contributed by atoms with van der Waals surface area (Å²) in [5.41, 5.74) is 2.94. The van der Waals surface area contributed by atoms with Gasteiger partial charge in [-0.1, -0.05) is 175 Å². The number of alkyl halides is 12. The average molecular weight is 1350 g/mol. The number of pyridine rings is 1. The maximum Gasteiger partial charge on any atom is 0.415 e. The molecule has 0 bridgehead atoms. The van der Waals surface area contributed by atoms with Crippen LogP contribution < -0.4 is 14.2 Å². The standard InChI is InChI=1S/2C29H17F6N2.C8H6N3.Ir/c2*30-28(31,32)22-13-7-15-24(17-22)36-19-37(25-16-8-14-23(18-25)29(33,34)35)27(21-11-5-2-6-12-21)26(36)20-9-3-1-4-10-20;1-2-5-9-7(3-1)8-4-6-10-11-8;/h2*1-15,17-18H;1-6H;/q3*-1;. The number of imidazole rings is 2. The van der Waals surface area contributed by atoms with Crippen molar-refractivity contribution in [2.45, 2.75) is 24.7 Å². The molecule has 7 nitrogen and oxygen atoms in total. The smallest absolute Gasteiger partial charge is 0.415 e. The summed E-state index contributed by atoms with van der Waals surface area (Å²) < 4.78 is 168. The Balaban J connectivity index is 0.000000172. The van der Waals surface area contributed by atoms with Crippen LogP contribution in [0.5, 0.6) is 0 Å². The topological polar surface area (TPSA) is 57.5 Å². The summed E-state index contributed by atoms with van der Waals surface area (Å²) >= 11 is 0. The van der Waals surface area contributed by atoms with E-state index in [1.807, 2.05) is 24.3 Å². The SMILES string of the molecule is FC(F)(F)c1cc[c-]c(-n2[c-][n+](-c3cccc(C(F)(F)F)c3)c(-c3ccccc3)c2-c2ccccc2)c1.FC(F)(F)c1cc[c-]c(-n2[c-][n+](-c3cccc(C(F)(F)F)c3)c(-c3ccccc3)c2-c2ccccc2)c1.[Ir].c1ccc(-c2ccn[n-]2)nc1. The average Bonchev–Trinajstić information content (AvgIpc) is 3.92. The second-order valence-electron chi connectivity index (χ2n) is 18.5. The fourth-order valence-corrected chi connectivity index (χ4v) is 9.04. The number of nitrogens with zero attached hydrogens (tertiary/aromatic N) is 7. The van der Waals surface area contributed by atoms with Gasteiger partial charge in [-0.25, -0.2) is 0 Å². The third-order valence-corrected chi connectivity index (χ3v) is 12.9. The van der Waals surface area contributed by atoms with Crippen LogP contribution in [0.25, 0.3) is 79.2 Å². The molecule has 1 radical (unpaired) electrons. The number of hydrogen-bond donors (Lipinski definition) is 0. The van der Waals surface area contributed by atoms with E-state index in [1.54, 1.807) is 134 Å². The molecular formula is C66H40F12IrN7-3. The molecule has 0 N–H and O–H groups in total. The van der Waals surface area contributed by atoms with Gasteiger partial charge in [-0.3, -0.25) is 14.1 Å². The molecule has 0 amide bonds. The first-order valence-corrected chi connectivity index (χ1v) is 25.5. The molecule has 0 aliphatic heterocycles. The fraction of sp³-hybridized carbons (Fsp3) is 0.0606. The Bertz CT molecular complexity index is 3700. The molecule has 12 rings (SSSR count). The molecule has 12 aromatic rings. The minimum Gasteiger partial charge on any atom is -0.574 e. The summed E-state index contributed by atoms with van der Waals surface area (Å²) in [7, 11) is 0. The molecule has 20 heteroatoms. The van der Waals surface area contributed by atoms with E-state index in [4.69, 9.17) is 0 Å². The molecule has 0 spiro atoms. The molecule has 435 valence electrons. The van der Waals surface area contributed by atoms with Gasteiger partial charge < -0.3 is 19.3 Å². The summed E-state index contributed by atoms with van der Waals surface area (Å²) in [6.45, 7) is 0. The van der Waals surface area contributed by atoms with Gasteiger partial charge in [-0.2, -0.15) is 89.1 Å². The number of benzene rings is 8. The number of hydrogen-bond acceptors (Lipinski definition) is 2. The zero-order valence-electron chi connectivity index (χ0n) is 44.1. The molecular weight excluding hydrogens is 1310 g/mol. The van der Waals surface area contributed by atoms with E-state index >= 15 is 0 Å². The van der Waals surface area contributed by atoms with Crippen LogP contribution in [0.4, 0.5) is 52.7 Å². The van der Waals surface area contributed by atoms with Crippen molar-refractivity contribution >= 4 is 0 Å². The first-order chi connectivity index (χ1) is 40.7. The molecule has 8 aromatic carbocycles. The molecule has 0 atom stereocenters. The van der Waals surface area contributed by atoms with Gasteiger partial charge in [-0.15, -0.1) is 12.1 Å². The maximum atomic E-state index is 13.5. The van der Waals surface area contributed by atoms with Crippen LogP contribution in [-0.2, 0) is 44.8 Å². The monoisotopic (exact) mass is 1350 g/mol. The van der Waals surface area contributed by atoms with Crippen LogP contribution in [-0.4, -0.2) is 19.2 Å². The van der Waals surface area contributed by atoms with Crippen LogP contribution in [0.1, 0.15) is 22.3 Å². The normalized spacial score (nSPS) is 11.6. The number of rotatable bonds is 9. The van der Waals surface area contributed by atoms with Crippen LogP contribution in [0, 0.1) is 24.8 Å². The molecule has 86 heavy (non-hydrogen) atoms. The first-order valence-electron chi connectivity index (χ1n) is 25.5. The van der Waals surface area contributed by atoms with Crippen LogP contribution in [0.15, 0.2) is 243 Å². The summed E-state index contributed by atoms with van der Waals surface area (Å²) in [4.78, 5) is 4.12. The Morgan fingerprint density at radius 1 is 0.372 bits per heavy atom. The van der Waals surface area contributed by atoms with E-state index in [1.165, 1.54) is 42.5 Å². The molecule has 4 heterocycles. The van der Waals surface area contributed by atoms with Crippen LogP contribution in [0.3, 0.4) is 0 Å². The Labute approximate surface area is 497 Å². The third-order valence-electron chi connectivity index (χ3n) is 12.9. The van der Waals surface area contributed by atoms with Gasteiger partial charge in [0.05, 0.1) is 45.3 Å². The molecule has 0 saturated carbocycles. The van der Waals surface area contributed by atoms with Gasteiger partial charge in [0.15, 0.2) is 0 Å². The molecule has 0 saturated heterocycles. The van der Waals surface area contributed by atoms with Crippen molar-refractivity contribution in [3.05, 3.63) is 290 Å². The van der Waals surface area contributed by atoms with E-state index in [2.05, 4.69) is 40.0 Å². The Hall–Kier alpha value is -9.65. The van der Waals surface area contributed by atoms with Crippen molar-refractivity contribution in [3.8, 4) is 79.2 Å². The Morgan fingerprint density at radius 2 is 0.744 bits per heavy atom. The van der Waals surface area contributed by atoms with Gasteiger partial charge in [0.25, 0.3) is 12.7 Å².